The van der Waals surface area contributed by atoms with Gasteiger partial charge in [0.1, 0.15) is 11.9 Å². The molecule has 0 radical (unpaired) electrons. The Hall–Kier alpha value is -3.76. The number of aromatic nitrogens is 2. The molecule has 0 bridgehead atoms. The Morgan fingerprint density at radius 2 is 1.78 bits per heavy atom. The van der Waals surface area contributed by atoms with E-state index < -0.39 is 10.0 Å². The van der Waals surface area contributed by atoms with Crippen molar-refractivity contribution in [2.24, 2.45) is 0 Å². The van der Waals surface area contributed by atoms with Crippen molar-refractivity contribution in [2.75, 3.05) is 15.9 Å². The van der Waals surface area contributed by atoms with Crippen molar-refractivity contribution >= 4 is 38.7 Å². The second kappa shape index (κ2) is 9.36. The summed E-state index contributed by atoms with van der Waals surface area (Å²) in [7, 11) is -3.41. The number of sulfonamides is 1. The van der Waals surface area contributed by atoms with E-state index in [2.05, 4.69) is 15.0 Å². The summed E-state index contributed by atoms with van der Waals surface area (Å²) in [6.45, 7) is 1.84. The number of halogens is 1. The molecule has 0 saturated carbocycles. The lowest BCUT2D eigenvalue weighted by Crippen LogP contribution is -2.30. The molecule has 0 unspecified atom stereocenters. The van der Waals surface area contributed by atoms with Gasteiger partial charge in [-0.15, -0.1) is 0 Å². The van der Waals surface area contributed by atoms with Crippen LogP contribution in [-0.4, -0.2) is 29.3 Å². The molecule has 1 aliphatic heterocycles. The van der Waals surface area contributed by atoms with Gasteiger partial charge in [-0.1, -0.05) is 6.07 Å². The first-order valence-electron chi connectivity index (χ1n) is 11.2. The first-order chi connectivity index (χ1) is 17.2. The van der Waals surface area contributed by atoms with Gasteiger partial charge in [-0.3, -0.25) is 9.71 Å². The molecule has 7 nitrogen and oxygen atoms in total. The summed E-state index contributed by atoms with van der Waals surface area (Å²) in [5.41, 5.74) is 4.64. The number of nitrogens with one attached hydrogen (secondary N) is 2. The second-order valence-electron chi connectivity index (χ2n) is 8.65. The number of pyridine rings is 1. The van der Waals surface area contributed by atoms with Crippen LogP contribution in [0.2, 0.25) is 0 Å². The largest absolute Gasteiger partial charge is 0.351 e. The molecule has 1 saturated heterocycles. The molecule has 1 aliphatic rings. The second-order valence-corrected chi connectivity index (χ2v) is 10.8. The van der Waals surface area contributed by atoms with Gasteiger partial charge in [-0.05, 0) is 91.4 Å². The summed E-state index contributed by atoms with van der Waals surface area (Å²) in [5.74, 6) is -0.303. The molecule has 0 aliphatic carbocycles. The quantitative estimate of drug-likeness (QED) is 0.353. The van der Waals surface area contributed by atoms with Crippen LogP contribution in [0.5, 0.6) is 0 Å². The zero-order valence-corrected chi connectivity index (χ0v) is 21.2. The number of hydrogen-bond acceptors (Lipinski definition) is 4. The van der Waals surface area contributed by atoms with Gasteiger partial charge < -0.3 is 14.8 Å². The molecule has 184 valence electrons. The van der Waals surface area contributed by atoms with Gasteiger partial charge in [0.25, 0.3) is 0 Å². The van der Waals surface area contributed by atoms with Crippen molar-refractivity contribution < 1.29 is 12.8 Å². The number of nitrogens with zero attached hydrogens (tertiary/aromatic N) is 3. The molecule has 3 heterocycles. The normalized spacial score (nSPS) is 17.8. The van der Waals surface area contributed by atoms with Crippen molar-refractivity contribution in [3.63, 3.8) is 0 Å². The van der Waals surface area contributed by atoms with E-state index in [1.54, 1.807) is 24.4 Å². The van der Waals surface area contributed by atoms with E-state index in [9.17, 15) is 12.8 Å². The van der Waals surface area contributed by atoms with Crippen molar-refractivity contribution in [1.82, 2.24) is 14.9 Å². The molecular formula is C26H24FN5O2S2. The molecular weight excluding hydrogens is 497 g/mol. The van der Waals surface area contributed by atoms with Crippen LogP contribution in [0.15, 0.2) is 85.2 Å². The number of aryl methyl sites for hydroxylation is 1. The van der Waals surface area contributed by atoms with E-state index in [0.29, 0.717) is 10.8 Å². The smallest absolute Gasteiger partial charge is 0.229 e. The molecule has 4 aromatic rings. The summed E-state index contributed by atoms with van der Waals surface area (Å²) in [6, 6.07) is 21.0. The molecule has 10 heteroatoms. The minimum atomic E-state index is -3.41. The van der Waals surface area contributed by atoms with Crippen LogP contribution < -0.4 is 14.9 Å². The minimum Gasteiger partial charge on any atom is -0.351 e. The average Bonchev–Trinajstić information content (AvgIpc) is 3.45. The van der Waals surface area contributed by atoms with E-state index in [1.165, 1.54) is 12.1 Å². The van der Waals surface area contributed by atoms with Gasteiger partial charge in [0.05, 0.1) is 23.7 Å². The summed E-state index contributed by atoms with van der Waals surface area (Å²) in [6.07, 6.45) is 4.80. The zero-order valence-electron chi connectivity index (χ0n) is 19.6. The van der Waals surface area contributed by atoms with Crippen molar-refractivity contribution in [2.45, 2.75) is 19.0 Å². The maximum atomic E-state index is 13.6. The lowest BCUT2D eigenvalue weighted by atomic mass is 10.0. The van der Waals surface area contributed by atoms with Crippen molar-refractivity contribution in [3.8, 4) is 5.69 Å². The van der Waals surface area contributed by atoms with Gasteiger partial charge >= 0.3 is 0 Å². The fraction of sp³-hybridized carbons (Fsp3) is 0.154. The van der Waals surface area contributed by atoms with E-state index in [-0.39, 0.29) is 17.9 Å². The summed E-state index contributed by atoms with van der Waals surface area (Å²) in [4.78, 5) is 6.60. The molecule has 2 aromatic heterocycles. The third-order valence-electron chi connectivity index (χ3n) is 6.07. The first kappa shape index (κ1) is 24.0. The van der Waals surface area contributed by atoms with Crippen LogP contribution in [0.1, 0.15) is 29.0 Å². The predicted molar refractivity (Wildman–Crippen MR) is 143 cm³/mol. The Morgan fingerprint density at radius 1 is 1.03 bits per heavy atom. The highest BCUT2D eigenvalue weighted by atomic mass is 32.2. The number of benzene rings is 2. The summed E-state index contributed by atoms with van der Waals surface area (Å²) >= 11 is 5.81. The zero-order chi connectivity index (χ0) is 25.4. The number of anilines is 2. The molecule has 5 rings (SSSR count). The molecule has 0 spiro atoms. The van der Waals surface area contributed by atoms with Crippen LogP contribution in [-0.2, 0) is 10.0 Å². The SMILES string of the molecule is Cc1cc(N2C(=S)N[C@H](c3ccccn3)[C@@H]2c2cccn2-c2ccc(F)cc2)ccc1NS(C)(=O)=O. The maximum Gasteiger partial charge on any atom is 0.229 e. The molecule has 2 aromatic carbocycles. The van der Waals surface area contributed by atoms with Crippen LogP contribution in [0.4, 0.5) is 15.8 Å². The molecule has 0 amide bonds. The van der Waals surface area contributed by atoms with Gasteiger partial charge in [0, 0.05) is 29.5 Å². The van der Waals surface area contributed by atoms with Crippen molar-refractivity contribution in [1.29, 1.82) is 0 Å². The standard InChI is InChI=1S/C26H24FN5O2S2/c1-17-16-20(12-13-21(17)30-36(2,33)34)32-25(24(29-26(32)35)22-6-3-4-14-28-22)23-7-5-15-31(23)19-10-8-18(27)9-11-19/h3-16,24-25,30H,1-2H3,(H,29,35)/t24-,25+/m1/s1. The molecule has 36 heavy (non-hydrogen) atoms. The fourth-order valence-electron chi connectivity index (χ4n) is 4.52. The van der Waals surface area contributed by atoms with Crippen LogP contribution in [0.3, 0.4) is 0 Å². The Morgan fingerprint density at radius 3 is 2.44 bits per heavy atom. The van der Waals surface area contributed by atoms with Gasteiger partial charge in [-0.2, -0.15) is 0 Å². The number of rotatable bonds is 6. The maximum absolute atomic E-state index is 13.6. The first-order valence-corrected chi connectivity index (χ1v) is 13.5. The van der Waals surface area contributed by atoms with Gasteiger partial charge in [0.15, 0.2) is 5.11 Å². The Balaban J connectivity index is 1.63. The highest BCUT2D eigenvalue weighted by Gasteiger charge is 2.42. The van der Waals surface area contributed by atoms with E-state index in [1.807, 2.05) is 65.1 Å². The monoisotopic (exact) mass is 521 g/mol. The van der Waals surface area contributed by atoms with Gasteiger partial charge in [0.2, 0.25) is 10.0 Å². The van der Waals surface area contributed by atoms with E-state index >= 15 is 0 Å². The Bertz CT molecular complexity index is 1520. The lowest BCUT2D eigenvalue weighted by Gasteiger charge is -2.29. The number of hydrogen-bond donors (Lipinski definition) is 2. The summed E-state index contributed by atoms with van der Waals surface area (Å²) in [5, 5.41) is 3.95. The molecule has 2 N–H and O–H groups in total. The van der Waals surface area contributed by atoms with Crippen molar-refractivity contribution in [3.05, 3.63) is 108 Å². The Labute approximate surface area is 214 Å². The average molecular weight is 522 g/mol. The number of thiocarbonyl (C=S) groups is 1. The highest BCUT2D eigenvalue weighted by molar-refractivity contribution is 7.92. The third kappa shape index (κ3) is 4.69. The predicted octanol–water partition coefficient (Wildman–Crippen LogP) is 4.87. The molecule has 2 atom stereocenters. The molecule has 1 fully saturated rings. The van der Waals surface area contributed by atoms with Crippen LogP contribution in [0.25, 0.3) is 5.69 Å². The van der Waals surface area contributed by atoms with Gasteiger partial charge in [-0.25, -0.2) is 12.8 Å². The highest BCUT2D eigenvalue weighted by Crippen LogP contribution is 2.42. The van der Waals surface area contributed by atoms with Crippen LogP contribution >= 0.6 is 12.2 Å². The third-order valence-corrected chi connectivity index (χ3v) is 6.97. The minimum absolute atomic E-state index is 0.262. The topological polar surface area (TPSA) is 79.3 Å². The van der Waals surface area contributed by atoms with E-state index in [0.717, 1.165) is 34.6 Å². The summed E-state index contributed by atoms with van der Waals surface area (Å²) < 4.78 is 41.7. The lowest BCUT2D eigenvalue weighted by molar-refractivity contribution is 0.549. The van der Waals surface area contributed by atoms with Crippen LogP contribution in [0, 0.1) is 12.7 Å². The fourth-order valence-corrected chi connectivity index (χ4v) is 5.49. The van der Waals surface area contributed by atoms with E-state index in [4.69, 9.17) is 12.2 Å². The Kier molecular flexibility index (Phi) is 6.23.